The first-order valence-electron chi connectivity index (χ1n) is 11.3. The molecular formula is C23H29N5O4. The summed E-state index contributed by atoms with van der Waals surface area (Å²) in [7, 11) is 0. The van der Waals surface area contributed by atoms with Gasteiger partial charge in [-0.1, -0.05) is 38.1 Å². The topological polar surface area (TPSA) is 102 Å². The molecule has 170 valence electrons. The van der Waals surface area contributed by atoms with E-state index in [0.29, 0.717) is 48.9 Å². The van der Waals surface area contributed by atoms with Gasteiger partial charge in [0, 0.05) is 60.3 Å². The van der Waals surface area contributed by atoms with E-state index in [9.17, 15) is 19.6 Å². The van der Waals surface area contributed by atoms with Crippen LogP contribution in [-0.4, -0.2) is 69.8 Å². The van der Waals surface area contributed by atoms with E-state index in [2.05, 4.69) is 23.8 Å². The number of nitrogens with zero attached hydrogens (tertiary/aromatic N) is 5. The van der Waals surface area contributed by atoms with E-state index in [1.165, 1.54) is 4.68 Å². The van der Waals surface area contributed by atoms with Gasteiger partial charge in [-0.25, -0.2) is 0 Å². The van der Waals surface area contributed by atoms with Crippen molar-refractivity contribution in [3.05, 3.63) is 52.0 Å². The predicted octanol–water partition coefficient (Wildman–Crippen LogP) is 1.26. The molecule has 1 aromatic carbocycles. The average molecular weight is 440 g/mol. The van der Waals surface area contributed by atoms with E-state index >= 15 is 0 Å². The van der Waals surface area contributed by atoms with Crippen LogP contribution in [0.4, 0.5) is 0 Å². The third-order valence-electron chi connectivity index (χ3n) is 6.23. The molecule has 0 unspecified atom stereocenters. The van der Waals surface area contributed by atoms with Crippen molar-refractivity contribution in [3.8, 4) is 0 Å². The summed E-state index contributed by atoms with van der Waals surface area (Å²) in [5.74, 6) is 0.00970. The summed E-state index contributed by atoms with van der Waals surface area (Å²) in [5.41, 5.74) is 0.600. The van der Waals surface area contributed by atoms with E-state index in [0.717, 1.165) is 26.1 Å². The number of hydrogen-bond donors (Lipinski definition) is 0. The Morgan fingerprint density at radius 1 is 1.06 bits per heavy atom. The Balaban J connectivity index is 1.34. The first-order chi connectivity index (χ1) is 15.4. The molecule has 4 rings (SSSR count). The number of hydrogen-bond acceptors (Lipinski definition) is 6. The summed E-state index contributed by atoms with van der Waals surface area (Å²) in [6.45, 7) is 8.27. The number of piperazine rings is 1. The molecule has 1 aliphatic heterocycles. The van der Waals surface area contributed by atoms with Crippen LogP contribution in [0.2, 0.25) is 0 Å². The van der Waals surface area contributed by atoms with Crippen molar-refractivity contribution in [2.45, 2.75) is 39.7 Å². The van der Waals surface area contributed by atoms with Crippen LogP contribution in [0.3, 0.4) is 0 Å². The zero-order chi connectivity index (χ0) is 22.8. The monoisotopic (exact) mass is 439 g/mol. The zero-order valence-corrected chi connectivity index (χ0v) is 18.6. The second kappa shape index (κ2) is 9.20. The fourth-order valence-corrected chi connectivity index (χ4v) is 4.34. The van der Waals surface area contributed by atoms with Crippen molar-refractivity contribution in [1.82, 2.24) is 19.6 Å². The Morgan fingerprint density at radius 2 is 1.72 bits per heavy atom. The van der Waals surface area contributed by atoms with Gasteiger partial charge in [0.15, 0.2) is 5.69 Å². The highest BCUT2D eigenvalue weighted by atomic mass is 16.5. The molecule has 1 amide bonds. The molecule has 0 saturated carbocycles. The first-order valence-corrected chi connectivity index (χ1v) is 11.3. The van der Waals surface area contributed by atoms with Crippen molar-refractivity contribution < 1.29 is 19.3 Å². The van der Waals surface area contributed by atoms with Crippen molar-refractivity contribution in [1.29, 1.82) is 0 Å². The molecule has 0 N–H and O–H groups in total. The summed E-state index contributed by atoms with van der Waals surface area (Å²) in [5, 5.41) is 16.2. The fourth-order valence-electron chi connectivity index (χ4n) is 4.34. The van der Waals surface area contributed by atoms with Crippen molar-refractivity contribution in [2.24, 2.45) is 5.92 Å². The number of aromatic nitrogens is 3. The van der Waals surface area contributed by atoms with E-state index in [1.54, 1.807) is 24.3 Å². The molecule has 2 aliphatic rings. The number of carbonyl (C=O) groups is 3. The molecule has 0 radical (unpaired) electrons. The van der Waals surface area contributed by atoms with Crippen LogP contribution in [0.1, 0.15) is 65.2 Å². The Kier molecular flexibility index (Phi) is 6.36. The Bertz CT molecular complexity index is 1040. The zero-order valence-electron chi connectivity index (χ0n) is 18.6. The minimum absolute atomic E-state index is 0.0720. The summed E-state index contributed by atoms with van der Waals surface area (Å²) in [6, 6.07) is 6.58. The third-order valence-corrected chi connectivity index (χ3v) is 6.23. The van der Waals surface area contributed by atoms with Gasteiger partial charge in [0.05, 0.1) is 6.54 Å². The average Bonchev–Trinajstić information content (AvgIpc) is 3.13. The quantitative estimate of drug-likeness (QED) is 0.406. The molecule has 9 nitrogen and oxygen atoms in total. The fraction of sp³-hybridized carbons (Fsp3) is 0.522. The second-order valence-electron chi connectivity index (χ2n) is 8.89. The lowest BCUT2D eigenvalue weighted by Gasteiger charge is -2.34. The summed E-state index contributed by atoms with van der Waals surface area (Å²) >= 11 is 0. The van der Waals surface area contributed by atoms with E-state index in [4.69, 9.17) is 0 Å². The van der Waals surface area contributed by atoms with Crippen molar-refractivity contribution in [3.63, 3.8) is 0 Å². The summed E-state index contributed by atoms with van der Waals surface area (Å²) < 4.78 is 1.26. The van der Waals surface area contributed by atoms with Gasteiger partial charge in [-0.15, -0.1) is 4.68 Å². The van der Waals surface area contributed by atoms with Crippen LogP contribution in [0.25, 0.3) is 0 Å². The number of carbonyl (C=O) groups excluding carboxylic acids is 3. The molecule has 2 aromatic rings. The number of benzene rings is 1. The lowest BCUT2D eigenvalue weighted by atomic mass is 9.90. The first kappa shape index (κ1) is 22.1. The van der Waals surface area contributed by atoms with E-state index < -0.39 is 5.78 Å². The molecule has 1 aliphatic carbocycles. The van der Waals surface area contributed by atoms with Gasteiger partial charge in [-0.2, -0.15) is 0 Å². The number of fused-ring (bicyclic) bond motifs is 2. The van der Waals surface area contributed by atoms with Gasteiger partial charge in [-0.05, 0) is 18.8 Å². The minimum Gasteiger partial charge on any atom is -0.571 e. The molecule has 1 aromatic heterocycles. The van der Waals surface area contributed by atoms with Crippen molar-refractivity contribution in [2.75, 3.05) is 32.7 Å². The number of rotatable bonds is 7. The number of ketones is 2. The molecule has 0 spiro atoms. The van der Waals surface area contributed by atoms with Gasteiger partial charge in [0.1, 0.15) is 0 Å². The van der Waals surface area contributed by atoms with Gasteiger partial charge in [0.2, 0.25) is 23.2 Å². The maximum absolute atomic E-state index is 12.9. The van der Waals surface area contributed by atoms with Crippen LogP contribution < -0.4 is 4.96 Å². The molecular weight excluding hydrogens is 410 g/mol. The molecule has 9 heteroatoms. The highest BCUT2D eigenvalue weighted by molar-refractivity contribution is 6.26. The molecule has 0 bridgehead atoms. The largest absolute Gasteiger partial charge is 0.571 e. The smallest absolute Gasteiger partial charge is 0.222 e. The van der Waals surface area contributed by atoms with E-state index in [1.807, 2.05) is 4.90 Å². The SMILES string of the molecule is CC(C)CCC(=O)N1CCN(CCCn2c3c(n[n+]2[O-])C(=O)c2ccccc2C3=O)CC1. The van der Waals surface area contributed by atoms with Crippen molar-refractivity contribution >= 4 is 17.5 Å². The molecule has 32 heavy (non-hydrogen) atoms. The predicted molar refractivity (Wildman–Crippen MR) is 116 cm³/mol. The molecule has 1 fully saturated rings. The van der Waals surface area contributed by atoms with Gasteiger partial charge < -0.3 is 10.1 Å². The Labute approximate surface area is 187 Å². The number of amides is 1. The molecule has 2 heterocycles. The summed E-state index contributed by atoms with van der Waals surface area (Å²) in [4.78, 5) is 42.5. The summed E-state index contributed by atoms with van der Waals surface area (Å²) in [6.07, 6.45) is 2.15. The van der Waals surface area contributed by atoms with Gasteiger partial charge >= 0.3 is 0 Å². The standard InChI is InChI=1S/C23H29N5O4/c1-16(2)8-9-19(29)26-14-12-25(13-15-26)10-5-11-27-21-20(24-28(27)32)22(30)17-6-3-4-7-18(17)23(21)31/h3-4,6-7,16H,5,8-15H2,1-2H3. The van der Waals surface area contributed by atoms with Crippen LogP contribution in [-0.2, 0) is 11.3 Å². The van der Waals surface area contributed by atoms with Crippen LogP contribution in [0, 0.1) is 11.1 Å². The van der Waals surface area contributed by atoms with Gasteiger partial charge in [0.25, 0.3) is 0 Å². The maximum atomic E-state index is 12.9. The normalized spacial score (nSPS) is 16.4. The van der Waals surface area contributed by atoms with Crippen LogP contribution in [0.15, 0.2) is 24.3 Å². The highest BCUT2D eigenvalue weighted by Crippen LogP contribution is 2.25. The lowest BCUT2D eigenvalue weighted by molar-refractivity contribution is -0.749. The molecule has 0 atom stereocenters. The minimum atomic E-state index is -0.392. The maximum Gasteiger partial charge on any atom is 0.222 e. The highest BCUT2D eigenvalue weighted by Gasteiger charge is 2.39. The Hall–Kier alpha value is -3.07. The lowest BCUT2D eigenvalue weighted by Crippen LogP contribution is -2.49. The second-order valence-corrected chi connectivity index (χ2v) is 8.89. The van der Waals surface area contributed by atoms with Crippen LogP contribution >= 0.6 is 0 Å². The third kappa shape index (κ3) is 4.29. The van der Waals surface area contributed by atoms with E-state index in [-0.39, 0.29) is 28.6 Å². The van der Waals surface area contributed by atoms with Gasteiger partial charge in [-0.3, -0.25) is 19.3 Å². The molecule has 1 saturated heterocycles. The van der Waals surface area contributed by atoms with Crippen LogP contribution in [0.5, 0.6) is 0 Å². The Morgan fingerprint density at radius 3 is 2.38 bits per heavy atom.